The number of benzene rings is 1. The average molecular weight is 468 g/mol. The smallest absolute Gasteiger partial charge is 0.317 e. The first-order chi connectivity index (χ1) is 16.2. The standard InChI is InChI=1S/C26H34FN5O2/c1-17(27)16-28-24(33)31-13-10-26(11-14-31)22-18(2)32(19-9-12-29-25(3,4)15-19)30-23(22)20-7-5-6-8-21(20)34-26/h5-8,19,29H,1,9-16H2,2-4H3,(H,28,33)/t19-/m1/s1. The van der Waals surface area contributed by atoms with Crippen molar-refractivity contribution in [1.29, 1.82) is 0 Å². The minimum absolute atomic E-state index is 0.0670. The quantitative estimate of drug-likeness (QED) is 0.700. The van der Waals surface area contributed by atoms with Gasteiger partial charge >= 0.3 is 6.03 Å². The summed E-state index contributed by atoms with van der Waals surface area (Å²) in [4.78, 5) is 14.2. The van der Waals surface area contributed by atoms with Crippen LogP contribution >= 0.6 is 0 Å². The number of nitrogens with zero attached hydrogens (tertiary/aromatic N) is 3. The molecule has 2 aromatic rings. The second-order valence-electron chi connectivity index (χ2n) is 10.5. The molecule has 3 aliphatic rings. The number of piperidine rings is 2. The fourth-order valence-electron chi connectivity index (χ4n) is 5.88. The van der Waals surface area contributed by atoms with Gasteiger partial charge in [-0.2, -0.15) is 5.10 Å². The maximum Gasteiger partial charge on any atom is 0.317 e. The van der Waals surface area contributed by atoms with E-state index in [1.807, 2.05) is 18.2 Å². The molecule has 2 fully saturated rings. The van der Waals surface area contributed by atoms with Gasteiger partial charge in [0.25, 0.3) is 0 Å². The van der Waals surface area contributed by atoms with Crippen molar-refractivity contribution < 1.29 is 13.9 Å². The zero-order valence-corrected chi connectivity index (χ0v) is 20.3. The van der Waals surface area contributed by atoms with Crippen molar-refractivity contribution in [1.82, 2.24) is 25.3 Å². The number of hydrogen-bond acceptors (Lipinski definition) is 4. The van der Waals surface area contributed by atoms with E-state index in [9.17, 15) is 9.18 Å². The monoisotopic (exact) mass is 467 g/mol. The normalized spacial score (nSPS) is 22.5. The lowest BCUT2D eigenvalue weighted by atomic mass is 9.79. The zero-order valence-electron chi connectivity index (χ0n) is 20.3. The van der Waals surface area contributed by atoms with Crippen molar-refractivity contribution in [3.05, 3.63) is 47.9 Å². The van der Waals surface area contributed by atoms with E-state index in [1.165, 1.54) is 0 Å². The van der Waals surface area contributed by atoms with Gasteiger partial charge in [0.15, 0.2) is 0 Å². The number of likely N-dealkylation sites (tertiary alicyclic amines) is 1. The molecular formula is C26H34FN5O2. The Kier molecular flexibility index (Phi) is 5.67. The van der Waals surface area contributed by atoms with Gasteiger partial charge in [0.05, 0.1) is 12.6 Å². The summed E-state index contributed by atoms with van der Waals surface area (Å²) in [6.07, 6.45) is 3.36. The lowest BCUT2D eigenvalue weighted by Gasteiger charge is -2.44. The van der Waals surface area contributed by atoms with E-state index in [0.717, 1.165) is 47.7 Å². The van der Waals surface area contributed by atoms with E-state index in [4.69, 9.17) is 9.84 Å². The van der Waals surface area contributed by atoms with Crippen molar-refractivity contribution in [3.63, 3.8) is 0 Å². The van der Waals surface area contributed by atoms with Crippen LogP contribution < -0.4 is 15.4 Å². The van der Waals surface area contributed by atoms with Gasteiger partial charge in [-0.3, -0.25) is 4.68 Å². The number of carbonyl (C=O) groups excluding carboxylic acids is 1. The van der Waals surface area contributed by atoms with Crippen LogP contribution in [0.25, 0.3) is 11.3 Å². The third-order valence-corrected chi connectivity index (χ3v) is 7.52. The Hall–Kier alpha value is -2.87. The van der Waals surface area contributed by atoms with Crippen LogP contribution in [0.1, 0.15) is 56.8 Å². The molecule has 1 aromatic carbocycles. The molecule has 8 heteroatoms. The van der Waals surface area contributed by atoms with Crippen molar-refractivity contribution in [2.24, 2.45) is 0 Å². The molecule has 182 valence electrons. The van der Waals surface area contributed by atoms with E-state index in [2.05, 4.69) is 48.7 Å². The molecule has 34 heavy (non-hydrogen) atoms. The Morgan fingerprint density at radius 3 is 2.76 bits per heavy atom. The number of carbonyl (C=O) groups is 1. The van der Waals surface area contributed by atoms with E-state index in [-0.39, 0.29) is 18.1 Å². The molecule has 2 saturated heterocycles. The van der Waals surface area contributed by atoms with Crippen LogP contribution in [0.2, 0.25) is 0 Å². The van der Waals surface area contributed by atoms with Crippen LogP contribution in [0.4, 0.5) is 9.18 Å². The molecule has 4 heterocycles. The Morgan fingerprint density at radius 2 is 2.06 bits per heavy atom. The molecule has 7 nitrogen and oxygen atoms in total. The number of ether oxygens (including phenoxy) is 1. The molecule has 2 N–H and O–H groups in total. The molecule has 1 aromatic heterocycles. The summed E-state index contributed by atoms with van der Waals surface area (Å²) < 4.78 is 22.0. The van der Waals surface area contributed by atoms with Crippen molar-refractivity contribution >= 4 is 6.03 Å². The molecular weight excluding hydrogens is 433 g/mol. The second kappa shape index (κ2) is 8.41. The number of fused-ring (bicyclic) bond motifs is 4. The van der Waals surface area contributed by atoms with Crippen molar-refractivity contribution in [2.45, 2.75) is 63.6 Å². The van der Waals surface area contributed by atoms with Crippen LogP contribution in [-0.4, -0.2) is 52.4 Å². The summed E-state index contributed by atoms with van der Waals surface area (Å²) in [5.74, 6) is 0.291. The third-order valence-electron chi connectivity index (χ3n) is 7.52. The number of nitrogens with one attached hydrogen (secondary N) is 2. The first-order valence-corrected chi connectivity index (χ1v) is 12.2. The fourth-order valence-corrected chi connectivity index (χ4v) is 5.88. The predicted octanol–water partition coefficient (Wildman–Crippen LogP) is 4.44. The van der Waals surface area contributed by atoms with Gasteiger partial charge in [-0.05, 0) is 52.3 Å². The van der Waals surface area contributed by atoms with E-state index >= 15 is 0 Å². The Bertz CT molecular complexity index is 1120. The van der Waals surface area contributed by atoms with Gasteiger partial charge < -0.3 is 20.3 Å². The number of hydrogen-bond donors (Lipinski definition) is 2. The molecule has 2 amide bonds. The number of urea groups is 1. The van der Waals surface area contributed by atoms with Gasteiger partial charge in [-0.1, -0.05) is 18.7 Å². The molecule has 1 spiro atoms. The van der Waals surface area contributed by atoms with Crippen LogP contribution in [0.15, 0.2) is 36.7 Å². The first-order valence-electron chi connectivity index (χ1n) is 12.2. The maximum absolute atomic E-state index is 13.0. The molecule has 0 saturated carbocycles. The van der Waals surface area contributed by atoms with Crippen molar-refractivity contribution in [2.75, 3.05) is 26.2 Å². The lowest BCUT2D eigenvalue weighted by molar-refractivity contribution is 0.00453. The first kappa shape index (κ1) is 22.9. The molecule has 1 atom stereocenters. The number of para-hydroxylation sites is 1. The topological polar surface area (TPSA) is 71.4 Å². The molecule has 0 unspecified atom stereocenters. The highest BCUT2D eigenvalue weighted by molar-refractivity contribution is 5.76. The fraction of sp³-hybridized carbons (Fsp3) is 0.538. The van der Waals surface area contributed by atoms with Crippen LogP contribution in [0.3, 0.4) is 0 Å². The molecule has 0 radical (unpaired) electrons. The summed E-state index contributed by atoms with van der Waals surface area (Å²) >= 11 is 0. The second-order valence-corrected chi connectivity index (χ2v) is 10.5. The van der Waals surface area contributed by atoms with E-state index in [0.29, 0.717) is 32.0 Å². The zero-order chi connectivity index (χ0) is 24.1. The summed E-state index contributed by atoms with van der Waals surface area (Å²) in [7, 11) is 0. The lowest BCUT2D eigenvalue weighted by Crippen LogP contribution is -2.51. The summed E-state index contributed by atoms with van der Waals surface area (Å²) in [5.41, 5.74) is 3.87. The van der Waals surface area contributed by atoms with Gasteiger partial charge in [0.1, 0.15) is 22.9 Å². The average Bonchev–Trinajstić information content (AvgIpc) is 3.16. The highest BCUT2D eigenvalue weighted by Crippen LogP contribution is 2.51. The van der Waals surface area contributed by atoms with E-state index < -0.39 is 11.4 Å². The van der Waals surface area contributed by atoms with Crippen LogP contribution in [-0.2, 0) is 5.60 Å². The highest BCUT2D eigenvalue weighted by Gasteiger charge is 2.48. The molecule has 0 bridgehead atoms. The predicted molar refractivity (Wildman–Crippen MR) is 130 cm³/mol. The van der Waals surface area contributed by atoms with Crippen molar-refractivity contribution in [3.8, 4) is 17.0 Å². The molecule has 0 aliphatic carbocycles. The Morgan fingerprint density at radius 1 is 1.32 bits per heavy atom. The Balaban J connectivity index is 1.48. The van der Waals surface area contributed by atoms with Gasteiger partial charge in [-0.25, -0.2) is 9.18 Å². The number of aromatic nitrogens is 2. The summed E-state index contributed by atoms with van der Waals surface area (Å²) in [5, 5.41) is 11.4. The van der Waals surface area contributed by atoms with Gasteiger partial charge in [0, 0.05) is 48.3 Å². The number of rotatable bonds is 3. The maximum atomic E-state index is 13.0. The largest absolute Gasteiger partial charge is 0.482 e. The third kappa shape index (κ3) is 3.98. The SMILES string of the molecule is C=C(F)CNC(=O)N1CCC2(CC1)Oc1ccccc1-c1nn([C@@H]3CCNC(C)(C)C3)c(C)c12. The Labute approximate surface area is 200 Å². The number of halogens is 1. The molecule has 3 aliphatic heterocycles. The van der Waals surface area contributed by atoms with Gasteiger partial charge in [0.2, 0.25) is 0 Å². The van der Waals surface area contributed by atoms with Crippen LogP contribution in [0.5, 0.6) is 5.75 Å². The minimum Gasteiger partial charge on any atom is -0.482 e. The highest BCUT2D eigenvalue weighted by atomic mass is 19.1. The summed E-state index contributed by atoms with van der Waals surface area (Å²) in [6.45, 7) is 11.7. The number of amides is 2. The molecule has 5 rings (SSSR count). The summed E-state index contributed by atoms with van der Waals surface area (Å²) in [6, 6.07) is 8.16. The van der Waals surface area contributed by atoms with Gasteiger partial charge in [-0.15, -0.1) is 0 Å². The van der Waals surface area contributed by atoms with E-state index in [1.54, 1.807) is 4.90 Å². The minimum atomic E-state index is -0.553. The van der Waals surface area contributed by atoms with Crippen LogP contribution in [0, 0.1) is 6.92 Å².